The van der Waals surface area contributed by atoms with Crippen molar-refractivity contribution in [1.29, 1.82) is 0 Å². The second-order valence-corrected chi connectivity index (χ2v) is 5.12. The Hall–Kier alpha value is -2.43. The van der Waals surface area contributed by atoms with Crippen LogP contribution in [0.4, 0.5) is 0 Å². The van der Waals surface area contributed by atoms with E-state index in [1.807, 2.05) is 30.3 Å². The van der Waals surface area contributed by atoms with E-state index in [0.717, 1.165) is 35.5 Å². The quantitative estimate of drug-likeness (QED) is 0.913. The van der Waals surface area contributed by atoms with Gasteiger partial charge in [0.2, 0.25) is 5.91 Å². The molecule has 3 rings (SSSR count). The first-order valence-corrected chi connectivity index (χ1v) is 6.99. The highest BCUT2D eigenvalue weighted by Gasteiger charge is 2.29. The summed E-state index contributed by atoms with van der Waals surface area (Å²) >= 11 is 0. The fraction of sp³-hybridized carbons (Fsp3) is 0.312. The van der Waals surface area contributed by atoms with E-state index in [0.29, 0.717) is 6.54 Å². The van der Waals surface area contributed by atoms with Crippen LogP contribution < -0.4 is 10.1 Å². The zero-order valence-corrected chi connectivity index (χ0v) is 11.9. The molecule has 0 spiro atoms. The summed E-state index contributed by atoms with van der Waals surface area (Å²) in [7, 11) is 1.64. The van der Waals surface area contributed by atoms with E-state index in [1.54, 1.807) is 7.11 Å². The third-order valence-corrected chi connectivity index (χ3v) is 3.50. The van der Waals surface area contributed by atoms with E-state index in [-0.39, 0.29) is 11.8 Å². The predicted octanol–water partition coefficient (Wildman–Crippen LogP) is 2.18. The Morgan fingerprint density at radius 1 is 1.29 bits per heavy atom. The summed E-state index contributed by atoms with van der Waals surface area (Å²) in [6.07, 6.45) is 3.54. The number of methoxy groups -OCH3 is 1. The summed E-state index contributed by atoms with van der Waals surface area (Å²) in [5.74, 6) is 1.15. The SMILES string of the molecule is COc1ccc(-c2cc(CNC(=O)C3CC3)ncn2)cc1. The molecule has 5 heteroatoms. The van der Waals surface area contributed by atoms with Crippen LogP contribution >= 0.6 is 0 Å². The maximum Gasteiger partial charge on any atom is 0.223 e. The fourth-order valence-electron chi connectivity index (χ4n) is 2.08. The van der Waals surface area contributed by atoms with Crippen molar-refractivity contribution in [1.82, 2.24) is 15.3 Å². The van der Waals surface area contributed by atoms with Crippen molar-refractivity contribution in [2.24, 2.45) is 5.92 Å². The van der Waals surface area contributed by atoms with Gasteiger partial charge in [-0.1, -0.05) is 0 Å². The monoisotopic (exact) mass is 283 g/mol. The normalized spacial score (nSPS) is 13.8. The number of carbonyl (C=O) groups excluding carboxylic acids is 1. The summed E-state index contributed by atoms with van der Waals surface area (Å²) in [6, 6.07) is 9.59. The van der Waals surface area contributed by atoms with Crippen LogP contribution in [0.2, 0.25) is 0 Å². The molecule has 5 nitrogen and oxygen atoms in total. The lowest BCUT2D eigenvalue weighted by atomic mass is 10.1. The van der Waals surface area contributed by atoms with Crippen LogP contribution in [0, 0.1) is 5.92 Å². The zero-order valence-electron chi connectivity index (χ0n) is 11.9. The van der Waals surface area contributed by atoms with Gasteiger partial charge in [-0.05, 0) is 43.2 Å². The Labute approximate surface area is 123 Å². The first-order valence-electron chi connectivity index (χ1n) is 6.99. The number of benzene rings is 1. The van der Waals surface area contributed by atoms with E-state index in [1.165, 1.54) is 6.33 Å². The highest BCUT2D eigenvalue weighted by atomic mass is 16.5. The molecule has 1 amide bonds. The molecule has 1 N–H and O–H groups in total. The van der Waals surface area contributed by atoms with Crippen LogP contribution in [0.25, 0.3) is 11.3 Å². The van der Waals surface area contributed by atoms with Gasteiger partial charge in [-0.2, -0.15) is 0 Å². The molecule has 108 valence electrons. The van der Waals surface area contributed by atoms with E-state index in [2.05, 4.69) is 15.3 Å². The van der Waals surface area contributed by atoms with Gasteiger partial charge < -0.3 is 10.1 Å². The fourth-order valence-corrected chi connectivity index (χ4v) is 2.08. The molecule has 0 unspecified atom stereocenters. The van der Waals surface area contributed by atoms with Crippen molar-refractivity contribution in [2.45, 2.75) is 19.4 Å². The summed E-state index contributed by atoms with van der Waals surface area (Å²) in [5.41, 5.74) is 2.64. The van der Waals surface area contributed by atoms with E-state index in [9.17, 15) is 4.79 Å². The van der Waals surface area contributed by atoms with Gasteiger partial charge in [-0.25, -0.2) is 9.97 Å². The highest BCUT2D eigenvalue weighted by Crippen LogP contribution is 2.28. The molecular formula is C16H17N3O2. The van der Waals surface area contributed by atoms with Gasteiger partial charge in [0, 0.05) is 11.5 Å². The van der Waals surface area contributed by atoms with Crippen molar-refractivity contribution in [3.05, 3.63) is 42.4 Å². The molecule has 0 radical (unpaired) electrons. The number of amides is 1. The van der Waals surface area contributed by atoms with Gasteiger partial charge in [0.05, 0.1) is 25.0 Å². The molecule has 0 aliphatic heterocycles. The predicted molar refractivity (Wildman–Crippen MR) is 78.6 cm³/mol. The first-order chi connectivity index (χ1) is 10.3. The molecule has 0 saturated heterocycles. The summed E-state index contributed by atoms with van der Waals surface area (Å²) in [5, 5.41) is 2.91. The highest BCUT2D eigenvalue weighted by molar-refractivity contribution is 5.80. The number of ether oxygens (including phenoxy) is 1. The van der Waals surface area contributed by atoms with Gasteiger partial charge in [0.15, 0.2) is 0 Å². The summed E-state index contributed by atoms with van der Waals surface area (Å²) in [4.78, 5) is 20.1. The third kappa shape index (κ3) is 3.37. The third-order valence-electron chi connectivity index (χ3n) is 3.50. The van der Waals surface area contributed by atoms with E-state index < -0.39 is 0 Å². The Bertz CT molecular complexity index is 636. The maximum absolute atomic E-state index is 11.6. The van der Waals surface area contributed by atoms with Crippen molar-refractivity contribution in [2.75, 3.05) is 7.11 Å². The Morgan fingerprint density at radius 3 is 2.71 bits per heavy atom. The number of hydrogen-bond acceptors (Lipinski definition) is 4. The number of nitrogens with one attached hydrogen (secondary N) is 1. The molecule has 1 aromatic heterocycles. The molecule has 0 atom stereocenters. The number of carbonyl (C=O) groups is 1. The first kappa shape index (κ1) is 13.5. The molecule has 1 fully saturated rings. The van der Waals surface area contributed by atoms with Crippen LogP contribution in [-0.2, 0) is 11.3 Å². The van der Waals surface area contributed by atoms with Crippen LogP contribution in [-0.4, -0.2) is 23.0 Å². The van der Waals surface area contributed by atoms with Crippen LogP contribution in [0.15, 0.2) is 36.7 Å². The molecule has 1 aromatic carbocycles. The molecule has 0 bridgehead atoms. The number of nitrogens with zero attached hydrogens (tertiary/aromatic N) is 2. The van der Waals surface area contributed by atoms with Crippen LogP contribution in [0.1, 0.15) is 18.5 Å². The maximum atomic E-state index is 11.6. The molecule has 21 heavy (non-hydrogen) atoms. The lowest BCUT2D eigenvalue weighted by Gasteiger charge is -2.06. The Kier molecular flexibility index (Phi) is 3.81. The number of rotatable bonds is 5. The van der Waals surface area contributed by atoms with Crippen molar-refractivity contribution in [3.63, 3.8) is 0 Å². The van der Waals surface area contributed by atoms with Crippen molar-refractivity contribution >= 4 is 5.91 Å². The van der Waals surface area contributed by atoms with Crippen molar-refractivity contribution < 1.29 is 9.53 Å². The van der Waals surface area contributed by atoms with Gasteiger partial charge in [0.1, 0.15) is 12.1 Å². The topological polar surface area (TPSA) is 64.1 Å². The minimum Gasteiger partial charge on any atom is -0.497 e. The Balaban J connectivity index is 1.70. The standard InChI is InChI=1S/C16H17N3O2/c1-21-14-6-4-11(5-7-14)15-8-13(18-10-19-15)9-17-16(20)12-2-3-12/h4-8,10,12H,2-3,9H2,1H3,(H,17,20). The summed E-state index contributed by atoms with van der Waals surface area (Å²) in [6.45, 7) is 0.445. The molecule has 1 heterocycles. The minimum atomic E-state index is 0.125. The van der Waals surface area contributed by atoms with E-state index in [4.69, 9.17) is 4.74 Å². The average molecular weight is 283 g/mol. The van der Waals surface area contributed by atoms with Gasteiger partial charge in [0.25, 0.3) is 0 Å². The number of hydrogen-bond donors (Lipinski definition) is 1. The van der Waals surface area contributed by atoms with Gasteiger partial charge >= 0.3 is 0 Å². The molecule has 1 saturated carbocycles. The molecule has 2 aromatic rings. The zero-order chi connectivity index (χ0) is 14.7. The van der Waals surface area contributed by atoms with E-state index >= 15 is 0 Å². The molecular weight excluding hydrogens is 266 g/mol. The lowest BCUT2D eigenvalue weighted by molar-refractivity contribution is -0.122. The number of aromatic nitrogens is 2. The summed E-state index contributed by atoms with van der Waals surface area (Å²) < 4.78 is 5.14. The molecule has 1 aliphatic carbocycles. The smallest absolute Gasteiger partial charge is 0.223 e. The van der Waals surface area contributed by atoms with Gasteiger partial charge in [-0.3, -0.25) is 4.79 Å². The minimum absolute atomic E-state index is 0.125. The van der Waals surface area contributed by atoms with Crippen LogP contribution in [0.3, 0.4) is 0 Å². The molecule has 1 aliphatic rings. The Morgan fingerprint density at radius 2 is 2.05 bits per heavy atom. The van der Waals surface area contributed by atoms with Gasteiger partial charge in [-0.15, -0.1) is 0 Å². The average Bonchev–Trinajstić information content (AvgIpc) is 3.38. The largest absolute Gasteiger partial charge is 0.497 e. The second kappa shape index (κ2) is 5.91. The second-order valence-electron chi connectivity index (χ2n) is 5.12. The van der Waals surface area contributed by atoms with Crippen molar-refractivity contribution in [3.8, 4) is 17.0 Å². The van der Waals surface area contributed by atoms with Crippen LogP contribution in [0.5, 0.6) is 5.75 Å². The lowest BCUT2D eigenvalue weighted by Crippen LogP contribution is -2.24.